The van der Waals surface area contributed by atoms with Crippen LogP contribution in [0.5, 0.6) is 0 Å². The first-order valence-corrected chi connectivity index (χ1v) is 10.5. The Morgan fingerprint density at radius 3 is 2.40 bits per heavy atom. The molecule has 0 unspecified atom stereocenters. The van der Waals surface area contributed by atoms with Crippen LogP contribution in [0.15, 0.2) is 36.6 Å². The highest BCUT2D eigenvalue weighted by Gasteiger charge is 2.31. The summed E-state index contributed by atoms with van der Waals surface area (Å²) in [6.07, 6.45) is -1.61. The lowest BCUT2D eigenvalue weighted by atomic mass is 9.93. The molecular formula is C22H30F3N3O2. The fourth-order valence-electron chi connectivity index (χ4n) is 4.09. The third kappa shape index (κ3) is 6.14. The van der Waals surface area contributed by atoms with E-state index in [0.29, 0.717) is 30.5 Å². The van der Waals surface area contributed by atoms with Gasteiger partial charge in [0.2, 0.25) is 0 Å². The number of rotatable bonds is 5. The predicted octanol–water partition coefficient (Wildman–Crippen LogP) is 4.60. The molecule has 166 valence electrons. The first-order valence-electron chi connectivity index (χ1n) is 10.5. The van der Waals surface area contributed by atoms with E-state index in [9.17, 15) is 18.0 Å². The summed E-state index contributed by atoms with van der Waals surface area (Å²) in [7, 11) is 0. The van der Waals surface area contributed by atoms with Gasteiger partial charge >= 0.3 is 12.3 Å². The van der Waals surface area contributed by atoms with Crippen molar-refractivity contribution in [3.05, 3.63) is 42.2 Å². The van der Waals surface area contributed by atoms with Crippen LogP contribution in [0.25, 0.3) is 0 Å². The van der Waals surface area contributed by atoms with E-state index >= 15 is 0 Å². The van der Waals surface area contributed by atoms with Crippen LogP contribution in [0.3, 0.4) is 0 Å². The van der Waals surface area contributed by atoms with E-state index in [1.165, 1.54) is 12.1 Å². The van der Waals surface area contributed by atoms with E-state index in [4.69, 9.17) is 4.74 Å². The molecule has 2 heterocycles. The van der Waals surface area contributed by atoms with Crippen LogP contribution in [0.4, 0.5) is 23.7 Å². The van der Waals surface area contributed by atoms with Crippen molar-refractivity contribution in [2.45, 2.75) is 32.4 Å². The molecule has 1 aromatic carbocycles. The van der Waals surface area contributed by atoms with Gasteiger partial charge in [0.1, 0.15) is 0 Å². The average Bonchev–Trinajstić information content (AvgIpc) is 2.72. The third-order valence-electron chi connectivity index (χ3n) is 5.90. The number of benzene rings is 1. The molecule has 0 atom stereocenters. The van der Waals surface area contributed by atoms with Crippen molar-refractivity contribution in [2.75, 3.05) is 50.7 Å². The summed E-state index contributed by atoms with van der Waals surface area (Å²) >= 11 is 0. The first kappa shape index (κ1) is 22.5. The Morgan fingerprint density at radius 1 is 1.13 bits per heavy atom. The second-order valence-electron chi connectivity index (χ2n) is 8.17. The normalized spacial score (nSPS) is 19.1. The number of piperidine rings is 1. The lowest BCUT2D eigenvalue weighted by Gasteiger charge is -2.37. The molecule has 0 aliphatic carbocycles. The van der Waals surface area contributed by atoms with Crippen molar-refractivity contribution in [3.63, 3.8) is 0 Å². The molecule has 0 N–H and O–H groups in total. The van der Waals surface area contributed by atoms with Gasteiger partial charge in [-0.3, -0.25) is 4.90 Å². The van der Waals surface area contributed by atoms with Crippen molar-refractivity contribution in [3.8, 4) is 0 Å². The van der Waals surface area contributed by atoms with E-state index in [0.717, 1.165) is 58.1 Å². The van der Waals surface area contributed by atoms with Crippen LogP contribution >= 0.6 is 0 Å². The Bertz CT molecular complexity index is 737. The summed E-state index contributed by atoms with van der Waals surface area (Å²) in [6, 6.07) is 5.58. The van der Waals surface area contributed by atoms with Crippen LogP contribution in [-0.2, 0) is 10.9 Å². The van der Waals surface area contributed by atoms with Gasteiger partial charge in [-0.15, -0.1) is 0 Å². The van der Waals surface area contributed by atoms with Crippen molar-refractivity contribution in [1.82, 2.24) is 9.80 Å². The zero-order valence-corrected chi connectivity index (χ0v) is 17.5. The van der Waals surface area contributed by atoms with Crippen LogP contribution in [0, 0.1) is 5.92 Å². The molecule has 0 radical (unpaired) electrons. The van der Waals surface area contributed by atoms with Gasteiger partial charge in [0, 0.05) is 45.0 Å². The molecule has 2 saturated heterocycles. The maximum absolute atomic E-state index is 12.9. The Balaban J connectivity index is 1.39. The van der Waals surface area contributed by atoms with E-state index in [1.807, 2.05) is 4.90 Å². The molecule has 0 saturated carbocycles. The SMILES string of the molecule is C=C(C)OC(=O)N1CCC(CCN2CCN(c3cccc(C(F)(F)F)c3)CC2)CC1. The van der Waals surface area contributed by atoms with Gasteiger partial charge in [0.05, 0.1) is 11.3 Å². The van der Waals surface area contributed by atoms with E-state index < -0.39 is 11.7 Å². The highest BCUT2D eigenvalue weighted by atomic mass is 19.4. The zero-order valence-electron chi connectivity index (χ0n) is 17.5. The number of hydrogen-bond donors (Lipinski definition) is 0. The molecule has 3 rings (SSSR count). The van der Waals surface area contributed by atoms with Gasteiger partial charge < -0.3 is 14.5 Å². The van der Waals surface area contributed by atoms with E-state index in [1.54, 1.807) is 17.9 Å². The third-order valence-corrected chi connectivity index (χ3v) is 5.90. The lowest BCUT2D eigenvalue weighted by Crippen LogP contribution is -2.47. The summed E-state index contributed by atoms with van der Waals surface area (Å²) < 4.78 is 43.9. The van der Waals surface area contributed by atoms with Crippen LogP contribution in [0.2, 0.25) is 0 Å². The number of carbonyl (C=O) groups excluding carboxylic acids is 1. The number of likely N-dealkylation sites (tertiary alicyclic amines) is 1. The van der Waals surface area contributed by atoms with Crippen LogP contribution in [0.1, 0.15) is 31.7 Å². The topological polar surface area (TPSA) is 36.0 Å². The summed E-state index contributed by atoms with van der Waals surface area (Å²) in [4.78, 5) is 18.1. The quantitative estimate of drug-likeness (QED) is 0.646. The van der Waals surface area contributed by atoms with Gasteiger partial charge in [-0.25, -0.2) is 4.79 Å². The molecule has 8 heteroatoms. The minimum atomic E-state index is -4.31. The molecule has 0 bridgehead atoms. The van der Waals surface area contributed by atoms with Gasteiger partial charge in [-0.05, 0) is 56.8 Å². The molecule has 0 aromatic heterocycles. The van der Waals surface area contributed by atoms with Crippen molar-refractivity contribution < 1.29 is 22.7 Å². The second-order valence-corrected chi connectivity index (χ2v) is 8.17. The maximum atomic E-state index is 12.9. The number of carbonyl (C=O) groups is 1. The number of piperazine rings is 1. The largest absolute Gasteiger partial charge is 0.416 e. The number of hydrogen-bond acceptors (Lipinski definition) is 4. The first-order chi connectivity index (χ1) is 14.2. The van der Waals surface area contributed by atoms with Gasteiger partial charge in [-0.1, -0.05) is 12.6 Å². The van der Waals surface area contributed by atoms with Crippen LogP contribution in [-0.4, -0.2) is 61.7 Å². The minimum Gasteiger partial charge on any atom is -0.416 e. The Kier molecular flexibility index (Phi) is 7.28. The summed E-state index contributed by atoms with van der Waals surface area (Å²) in [5, 5.41) is 0. The minimum absolute atomic E-state index is 0.313. The average molecular weight is 425 g/mol. The summed E-state index contributed by atoms with van der Waals surface area (Å²) in [6.45, 7) is 10.8. The van der Waals surface area contributed by atoms with Crippen molar-refractivity contribution in [2.24, 2.45) is 5.92 Å². The molecule has 1 amide bonds. The standard InChI is InChI=1S/C22H30F3N3O2/c1-17(2)30-21(29)28-10-7-18(8-11-28)6-9-26-12-14-27(15-13-26)20-5-3-4-19(16-20)22(23,24)25/h3-5,16,18H,1,6-15H2,2H3. The fourth-order valence-corrected chi connectivity index (χ4v) is 4.09. The summed E-state index contributed by atoms with van der Waals surface area (Å²) in [5.74, 6) is 0.992. The molecular weight excluding hydrogens is 395 g/mol. The Morgan fingerprint density at radius 2 is 1.80 bits per heavy atom. The highest BCUT2D eigenvalue weighted by molar-refractivity contribution is 5.68. The molecule has 2 aliphatic rings. The number of alkyl halides is 3. The molecule has 30 heavy (non-hydrogen) atoms. The van der Waals surface area contributed by atoms with Gasteiger partial charge in [-0.2, -0.15) is 13.2 Å². The van der Waals surface area contributed by atoms with Gasteiger partial charge in [0.25, 0.3) is 0 Å². The highest BCUT2D eigenvalue weighted by Crippen LogP contribution is 2.32. The Labute approximate surface area is 176 Å². The van der Waals surface area contributed by atoms with Crippen molar-refractivity contribution >= 4 is 11.8 Å². The van der Waals surface area contributed by atoms with Gasteiger partial charge in [0.15, 0.2) is 0 Å². The molecule has 5 nitrogen and oxygen atoms in total. The maximum Gasteiger partial charge on any atom is 0.416 e. The fraction of sp³-hybridized carbons (Fsp3) is 0.591. The number of nitrogens with zero attached hydrogens (tertiary/aromatic N) is 3. The number of allylic oxidation sites excluding steroid dienone is 1. The monoisotopic (exact) mass is 425 g/mol. The van der Waals surface area contributed by atoms with E-state index in [-0.39, 0.29) is 6.09 Å². The molecule has 1 aromatic rings. The number of halogens is 3. The summed E-state index contributed by atoms with van der Waals surface area (Å²) in [5.41, 5.74) is 0.0411. The second kappa shape index (κ2) is 9.73. The molecule has 2 aliphatic heterocycles. The lowest BCUT2D eigenvalue weighted by molar-refractivity contribution is -0.137. The van der Waals surface area contributed by atoms with Crippen LogP contribution < -0.4 is 4.90 Å². The molecule has 0 spiro atoms. The number of ether oxygens (including phenoxy) is 1. The smallest absolute Gasteiger partial charge is 0.416 e. The van der Waals surface area contributed by atoms with Crippen molar-refractivity contribution in [1.29, 1.82) is 0 Å². The zero-order chi connectivity index (χ0) is 21.7. The predicted molar refractivity (Wildman–Crippen MR) is 110 cm³/mol. The number of anilines is 1. The molecule has 2 fully saturated rings. The Hall–Kier alpha value is -2.22. The number of amides is 1. The van der Waals surface area contributed by atoms with E-state index in [2.05, 4.69) is 11.5 Å².